The van der Waals surface area contributed by atoms with Crippen LogP contribution in [-0.4, -0.2) is 50.7 Å². The monoisotopic (exact) mass is 1210 g/mol. The summed E-state index contributed by atoms with van der Waals surface area (Å²) in [6.07, 6.45) is 58.7. The lowest BCUT2D eigenvalue weighted by molar-refractivity contribution is -0.137. The molecule has 0 aliphatic heterocycles. The van der Waals surface area contributed by atoms with Gasteiger partial charge in [0.25, 0.3) is 0 Å². The van der Waals surface area contributed by atoms with Crippen LogP contribution in [0.25, 0.3) is 32.3 Å². The molecule has 87 heavy (non-hydrogen) atoms. The van der Waals surface area contributed by atoms with E-state index in [2.05, 4.69) is 71.0 Å². The zero-order valence-corrected chi connectivity index (χ0v) is 57.2. The van der Waals surface area contributed by atoms with E-state index in [1.165, 1.54) is 225 Å². The molecule has 0 spiro atoms. The van der Waals surface area contributed by atoms with Gasteiger partial charge in [-0.1, -0.05) is 298 Å². The van der Waals surface area contributed by atoms with Gasteiger partial charge in [0, 0.05) is 6.42 Å². The number of carboxylic acid groups (broad SMARTS) is 1. The molecular formula is C79H132O8. The summed E-state index contributed by atoms with van der Waals surface area (Å²) in [5.74, 6) is 4.21. The Labute approximate surface area is 533 Å². The first kappa shape index (κ1) is 75.4. The molecule has 0 saturated carbocycles. The van der Waals surface area contributed by atoms with Crippen LogP contribution in [-0.2, 0) is 4.79 Å². The van der Waals surface area contributed by atoms with Gasteiger partial charge in [-0.25, -0.2) is 0 Å². The quantitative estimate of drug-likeness (QED) is 0.0345. The highest BCUT2D eigenvalue weighted by molar-refractivity contribution is 6.26. The van der Waals surface area contributed by atoms with E-state index >= 15 is 0 Å². The van der Waals surface area contributed by atoms with Crippen molar-refractivity contribution in [3.8, 4) is 34.5 Å². The summed E-state index contributed by atoms with van der Waals surface area (Å²) in [6.45, 7) is 15.4. The third kappa shape index (κ3) is 33.5. The third-order valence-corrected chi connectivity index (χ3v) is 17.9. The second kappa shape index (κ2) is 51.6. The smallest absolute Gasteiger partial charge is 0.303 e. The first-order chi connectivity index (χ1) is 42.9. The SMILES string of the molecule is CCCCCCCCCCOc1cc2c3cc(OCCCCCCCCCC)c(OCCCCCCCCCC)cc3c3cc(OCCCCCCCCCCC(=O)O)c(OCCCCCCCCCC)cc3c2cc1OCCCCCCCCCC. The van der Waals surface area contributed by atoms with Crippen molar-refractivity contribution in [2.75, 3.05) is 39.6 Å². The molecule has 0 atom stereocenters. The lowest BCUT2D eigenvalue weighted by Crippen LogP contribution is -2.05. The van der Waals surface area contributed by atoms with Crippen molar-refractivity contribution in [2.24, 2.45) is 0 Å². The fourth-order valence-corrected chi connectivity index (χ4v) is 12.4. The maximum absolute atomic E-state index is 11.0. The molecule has 4 aromatic rings. The minimum Gasteiger partial charge on any atom is -0.490 e. The average Bonchev–Trinajstić information content (AvgIpc) is 0.768. The van der Waals surface area contributed by atoms with Crippen molar-refractivity contribution >= 4 is 38.3 Å². The molecule has 0 aromatic heterocycles. The lowest BCUT2D eigenvalue weighted by Gasteiger charge is -2.21. The lowest BCUT2D eigenvalue weighted by atomic mass is 9.93. The summed E-state index contributed by atoms with van der Waals surface area (Å²) in [4.78, 5) is 11.0. The molecule has 0 saturated heterocycles. The topological polar surface area (TPSA) is 92.7 Å². The summed E-state index contributed by atoms with van der Waals surface area (Å²) in [5.41, 5.74) is 0. The molecule has 8 nitrogen and oxygen atoms in total. The van der Waals surface area contributed by atoms with E-state index in [4.69, 9.17) is 33.5 Å². The number of carbonyl (C=O) groups is 1. The van der Waals surface area contributed by atoms with Crippen molar-refractivity contribution in [1.82, 2.24) is 0 Å². The van der Waals surface area contributed by atoms with Crippen molar-refractivity contribution in [1.29, 1.82) is 0 Å². The molecule has 0 radical (unpaired) electrons. The van der Waals surface area contributed by atoms with Crippen LogP contribution in [0.2, 0.25) is 0 Å². The van der Waals surface area contributed by atoms with Crippen molar-refractivity contribution < 1.29 is 38.3 Å². The Morgan fingerprint density at radius 2 is 0.368 bits per heavy atom. The molecule has 0 fully saturated rings. The summed E-state index contributed by atoms with van der Waals surface area (Å²) < 4.78 is 41.4. The highest BCUT2D eigenvalue weighted by Crippen LogP contribution is 2.47. The van der Waals surface area contributed by atoms with Crippen LogP contribution in [0.15, 0.2) is 36.4 Å². The van der Waals surface area contributed by atoms with E-state index in [-0.39, 0.29) is 6.42 Å². The second-order valence-corrected chi connectivity index (χ2v) is 26.0. The number of ether oxygens (including phenoxy) is 6. The Morgan fingerprint density at radius 3 is 0.517 bits per heavy atom. The molecule has 4 aromatic carbocycles. The molecule has 8 heteroatoms. The zero-order chi connectivity index (χ0) is 61.9. The number of hydrogen-bond donors (Lipinski definition) is 1. The van der Waals surface area contributed by atoms with Crippen molar-refractivity contribution in [2.45, 2.75) is 349 Å². The van der Waals surface area contributed by atoms with Gasteiger partial charge < -0.3 is 33.5 Å². The largest absolute Gasteiger partial charge is 0.490 e. The molecule has 0 heterocycles. The van der Waals surface area contributed by atoms with Crippen LogP contribution in [0.4, 0.5) is 0 Å². The highest BCUT2D eigenvalue weighted by Gasteiger charge is 2.21. The molecule has 0 unspecified atom stereocenters. The fourth-order valence-electron chi connectivity index (χ4n) is 12.4. The van der Waals surface area contributed by atoms with E-state index < -0.39 is 5.97 Å². The minimum atomic E-state index is -0.692. The van der Waals surface area contributed by atoms with Crippen LogP contribution in [0.3, 0.4) is 0 Å². The van der Waals surface area contributed by atoms with Gasteiger partial charge in [0.1, 0.15) is 0 Å². The van der Waals surface area contributed by atoms with Crippen LogP contribution < -0.4 is 28.4 Å². The molecule has 1 N–H and O–H groups in total. The number of rotatable bonds is 62. The standard InChI is InChI=1S/C79H132O8/c1-6-11-16-21-26-34-41-48-55-82-73-61-67-68-62-74(83-56-49-42-35-27-22-17-12-7-2)76(85-58-51-44-37-29-24-19-14-9-4)64-70(68)72-66-78(87-60-53-46-39-32-31-33-40-47-54-79(80)81)77(86-59-52-45-38-30-25-20-15-10-5)65-71(72)69(67)63-75(73)84-57-50-43-36-28-23-18-13-8-3/h61-66H,6-60H2,1-5H3,(H,80,81). The Bertz CT molecular complexity index is 2250. The predicted molar refractivity (Wildman–Crippen MR) is 374 cm³/mol. The number of benzene rings is 4. The van der Waals surface area contributed by atoms with E-state index in [1.54, 1.807) is 0 Å². The first-order valence-corrected chi connectivity index (χ1v) is 37.5. The maximum Gasteiger partial charge on any atom is 0.303 e. The number of unbranched alkanes of at least 4 members (excludes halogenated alkanes) is 42. The Balaban J connectivity index is 1.81. The van der Waals surface area contributed by atoms with Gasteiger partial charge in [0.15, 0.2) is 34.5 Å². The van der Waals surface area contributed by atoms with E-state index in [1.807, 2.05) is 0 Å². The Morgan fingerprint density at radius 1 is 0.230 bits per heavy atom. The molecular weight excluding hydrogens is 1080 g/mol. The summed E-state index contributed by atoms with van der Waals surface area (Å²) >= 11 is 0. The van der Waals surface area contributed by atoms with Gasteiger partial charge >= 0.3 is 5.97 Å². The Hall–Kier alpha value is -4.07. The van der Waals surface area contributed by atoms with Crippen molar-refractivity contribution in [3.05, 3.63) is 36.4 Å². The normalized spacial score (nSPS) is 11.6. The number of carboxylic acids is 1. The number of fused-ring (bicyclic) bond motifs is 6. The average molecular weight is 1210 g/mol. The molecule has 4 rings (SSSR count). The molecule has 496 valence electrons. The van der Waals surface area contributed by atoms with Crippen LogP contribution >= 0.6 is 0 Å². The minimum absolute atomic E-state index is 0.274. The summed E-state index contributed by atoms with van der Waals surface area (Å²) in [6, 6.07) is 13.7. The third-order valence-electron chi connectivity index (χ3n) is 17.9. The van der Waals surface area contributed by atoms with Gasteiger partial charge in [-0.05, 0) is 114 Å². The van der Waals surface area contributed by atoms with Gasteiger partial charge in [0.2, 0.25) is 0 Å². The van der Waals surface area contributed by atoms with Gasteiger partial charge in [-0.3, -0.25) is 4.79 Å². The molecule has 0 amide bonds. The first-order valence-electron chi connectivity index (χ1n) is 37.5. The summed E-state index contributed by atoms with van der Waals surface area (Å²) in [7, 11) is 0. The van der Waals surface area contributed by atoms with Crippen LogP contribution in [0, 0.1) is 0 Å². The van der Waals surface area contributed by atoms with Gasteiger partial charge in [0.05, 0.1) is 39.6 Å². The highest BCUT2D eigenvalue weighted by atomic mass is 16.5. The second-order valence-electron chi connectivity index (χ2n) is 26.0. The zero-order valence-electron chi connectivity index (χ0n) is 57.2. The Kier molecular flexibility index (Phi) is 44.8. The molecule has 0 aliphatic carbocycles. The van der Waals surface area contributed by atoms with E-state index in [0.29, 0.717) is 39.6 Å². The van der Waals surface area contributed by atoms with Gasteiger partial charge in [-0.2, -0.15) is 0 Å². The fraction of sp³-hybridized carbons (Fsp3) is 0.759. The van der Waals surface area contributed by atoms with Crippen LogP contribution in [0.1, 0.15) is 349 Å². The van der Waals surface area contributed by atoms with Crippen LogP contribution in [0.5, 0.6) is 34.5 Å². The van der Waals surface area contributed by atoms with Gasteiger partial charge in [-0.15, -0.1) is 0 Å². The number of aliphatic carboxylic acids is 1. The van der Waals surface area contributed by atoms with E-state index in [9.17, 15) is 4.79 Å². The number of hydrogen-bond acceptors (Lipinski definition) is 7. The molecule has 0 aliphatic rings. The predicted octanol–water partition coefficient (Wildman–Crippen LogP) is 25.7. The molecule has 0 bridgehead atoms. The maximum atomic E-state index is 11.0. The summed E-state index contributed by atoms with van der Waals surface area (Å²) in [5, 5.41) is 15.8. The van der Waals surface area contributed by atoms with Crippen molar-refractivity contribution in [3.63, 3.8) is 0 Å². The van der Waals surface area contributed by atoms with E-state index in [0.717, 1.165) is 150 Å².